The summed E-state index contributed by atoms with van der Waals surface area (Å²) < 4.78 is 0. The molecule has 1 aromatic rings. The van der Waals surface area contributed by atoms with Gasteiger partial charge in [-0.25, -0.2) is 9.78 Å². The fraction of sp³-hybridized carbons (Fsp3) is 0.615. The summed E-state index contributed by atoms with van der Waals surface area (Å²) in [4.78, 5) is 31.8. The lowest BCUT2D eigenvalue weighted by molar-refractivity contribution is -0.150. The molecule has 1 heterocycles. The van der Waals surface area contributed by atoms with Gasteiger partial charge in [-0.2, -0.15) is 0 Å². The van der Waals surface area contributed by atoms with Crippen LogP contribution in [-0.2, 0) is 11.3 Å². The van der Waals surface area contributed by atoms with Crippen molar-refractivity contribution in [2.45, 2.75) is 39.8 Å². The Hall–Kier alpha value is -2.05. The molecule has 0 bridgehead atoms. The molecule has 1 aromatic heterocycles. The van der Waals surface area contributed by atoms with Crippen molar-refractivity contribution < 1.29 is 14.7 Å². The molecular weight excluding hydrogens is 260 g/mol. The van der Waals surface area contributed by atoms with Gasteiger partial charge >= 0.3 is 12.0 Å². The summed E-state index contributed by atoms with van der Waals surface area (Å²) >= 11 is 0. The maximum absolute atomic E-state index is 12.1. The van der Waals surface area contributed by atoms with Crippen LogP contribution in [0.15, 0.2) is 12.4 Å². The topological polar surface area (TPSA) is 98.3 Å². The number of amides is 2. The second-order valence-corrected chi connectivity index (χ2v) is 5.88. The Bertz CT molecular complexity index is 480. The number of imidazole rings is 1. The fourth-order valence-electron chi connectivity index (χ4n) is 1.47. The average molecular weight is 282 g/mol. The molecule has 2 amide bonds. The third-order valence-corrected chi connectivity index (χ3v) is 3.81. The van der Waals surface area contributed by atoms with E-state index in [1.807, 2.05) is 0 Å². The van der Waals surface area contributed by atoms with E-state index >= 15 is 0 Å². The van der Waals surface area contributed by atoms with E-state index in [1.165, 1.54) is 4.90 Å². The second kappa shape index (κ2) is 5.52. The Morgan fingerprint density at radius 3 is 2.45 bits per heavy atom. The highest BCUT2D eigenvalue weighted by molar-refractivity contribution is 5.79. The van der Waals surface area contributed by atoms with Crippen molar-refractivity contribution in [3.63, 3.8) is 0 Å². The van der Waals surface area contributed by atoms with Crippen LogP contribution in [0, 0.1) is 5.41 Å². The molecule has 0 saturated carbocycles. The van der Waals surface area contributed by atoms with Crippen LogP contribution < -0.4 is 5.32 Å². The van der Waals surface area contributed by atoms with E-state index < -0.39 is 16.9 Å². The fourth-order valence-corrected chi connectivity index (χ4v) is 1.47. The van der Waals surface area contributed by atoms with E-state index in [2.05, 4.69) is 15.3 Å². The molecule has 7 nitrogen and oxygen atoms in total. The number of carboxylic acid groups (broad SMARTS) is 1. The first-order valence-corrected chi connectivity index (χ1v) is 6.33. The Labute approximate surface area is 118 Å². The molecule has 0 aliphatic carbocycles. The van der Waals surface area contributed by atoms with E-state index in [9.17, 15) is 14.7 Å². The van der Waals surface area contributed by atoms with Crippen molar-refractivity contribution in [1.82, 2.24) is 20.2 Å². The number of aromatic amines is 1. The van der Waals surface area contributed by atoms with Crippen molar-refractivity contribution in [1.29, 1.82) is 0 Å². The summed E-state index contributed by atoms with van der Waals surface area (Å²) in [6.45, 7) is 6.88. The van der Waals surface area contributed by atoms with Gasteiger partial charge in [-0.15, -0.1) is 0 Å². The lowest BCUT2D eigenvalue weighted by Gasteiger charge is -2.39. The average Bonchev–Trinajstić information content (AvgIpc) is 2.80. The van der Waals surface area contributed by atoms with Crippen molar-refractivity contribution in [3.8, 4) is 0 Å². The molecule has 0 spiro atoms. The third kappa shape index (κ3) is 3.28. The van der Waals surface area contributed by atoms with E-state index in [-0.39, 0.29) is 6.03 Å². The molecule has 0 radical (unpaired) electrons. The van der Waals surface area contributed by atoms with Gasteiger partial charge in [-0.1, -0.05) is 0 Å². The SMILES string of the molecule is CN(Cc1ncc[nH]1)C(=O)NC(C)(C)C(C)(C)C(=O)O. The minimum Gasteiger partial charge on any atom is -0.481 e. The van der Waals surface area contributed by atoms with Crippen LogP contribution in [0.4, 0.5) is 4.79 Å². The van der Waals surface area contributed by atoms with Crippen LogP contribution in [0.3, 0.4) is 0 Å². The maximum Gasteiger partial charge on any atom is 0.317 e. The number of carbonyl (C=O) groups excluding carboxylic acids is 1. The van der Waals surface area contributed by atoms with Crippen LogP contribution in [0.25, 0.3) is 0 Å². The first-order chi connectivity index (χ1) is 9.08. The zero-order valence-corrected chi connectivity index (χ0v) is 12.5. The smallest absolute Gasteiger partial charge is 0.317 e. The lowest BCUT2D eigenvalue weighted by atomic mass is 9.74. The molecule has 1 rings (SSSR count). The van der Waals surface area contributed by atoms with Gasteiger partial charge in [0.15, 0.2) is 0 Å². The standard InChI is InChI=1S/C13H22N4O3/c1-12(2,10(18)19)13(3,4)16-11(20)17(5)8-9-14-6-7-15-9/h6-7H,8H2,1-5H3,(H,14,15)(H,16,20)(H,18,19). The highest BCUT2D eigenvalue weighted by Crippen LogP contribution is 2.30. The predicted octanol–water partition coefficient (Wildman–Crippen LogP) is 1.44. The lowest BCUT2D eigenvalue weighted by Crippen LogP contribution is -2.59. The summed E-state index contributed by atoms with van der Waals surface area (Å²) in [7, 11) is 1.63. The van der Waals surface area contributed by atoms with Crippen molar-refractivity contribution in [2.75, 3.05) is 7.05 Å². The third-order valence-electron chi connectivity index (χ3n) is 3.81. The van der Waals surface area contributed by atoms with E-state index in [4.69, 9.17) is 0 Å². The van der Waals surface area contributed by atoms with Crippen molar-refractivity contribution in [2.24, 2.45) is 5.41 Å². The van der Waals surface area contributed by atoms with Crippen LogP contribution in [-0.4, -0.2) is 44.6 Å². The number of aromatic nitrogens is 2. The molecule has 0 unspecified atom stereocenters. The molecule has 7 heteroatoms. The van der Waals surface area contributed by atoms with E-state index in [0.29, 0.717) is 12.4 Å². The summed E-state index contributed by atoms with van der Waals surface area (Å²) in [6.07, 6.45) is 3.29. The van der Waals surface area contributed by atoms with Crippen LogP contribution in [0.1, 0.15) is 33.5 Å². The van der Waals surface area contributed by atoms with Gasteiger partial charge in [-0.3, -0.25) is 4.79 Å². The van der Waals surface area contributed by atoms with Crippen LogP contribution >= 0.6 is 0 Å². The van der Waals surface area contributed by atoms with E-state index in [0.717, 1.165) is 0 Å². The number of H-pyrrole nitrogens is 1. The highest BCUT2D eigenvalue weighted by Gasteiger charge is 2.44. The number of aliphatic carboxylic acids is 1. The Kier molecular flexibility index (Phi) is 4.42. The highest BCUT2D eigenvalue weighted by atomic mass is 16.4. The molecule has 112 valence electrons. The molecule has 20 heavy (non-hydrogen) atoms. The van der Waals surface area contributed by atoms with Gasteiger partial charge < -0.3 is 20.3 Å². The van der Waals surface area contributed by atoms with Gasteiger partial charge in [-0.05, 0) is 27.7 Å². The minimum atomic E-state index is -1.09. The number of carbonyl (C=O) groups is 2. The maximum atomic E-state index is 12.1. The molecule has 0 fully saturated rings. The molecule has 0 aromatic carbocycles. The van der Waals surface area contributed by atoms with E-state index in [1.54, 1.807) is 47.1 Å². The molecule has 0 saturated heterocycles. The number of nitrogens with one attached hydrogen (secondary N) is 2. The summed E-state index contributed by atoms with van der Waals surface area (Å²) in [5.74, 6) is -0.297. The quantitative estimate of drug-likeness (QED) is 0.761. The number of hydrogen-bond donors (Lipinski definition) is 3. The van der Waals surface area contributed by atoms with Gasteiger partial charge in [0.25, 0.3) is 0 Å². The first-order valence-electron chi connectivity index (χ1n) is 6.33. The molecule has 0 aliphatic heterocycles. The molecule has 0 atom stereocenters. The zero-order chi connectivity index (χ0) is 15.6. The zero-order valence-electron chi connectivity index (χ0n) is 12.5. The minimum absolute atomic E-state index is 0.322. The van der Waals surface area contributed by atoms with Gasteiger partial charge in [0.1, 0.15) is 5.82 Å². The Balaban J connectivity index is 2.71. The Morgan fingerprint density at radius 2 is 2.00 bits per heavy atom. The number of nitrogens with zero attached hydrogens (tertiary/aromatic N) is 2. The summed E-state index contributed by atoms with van der Waals surface area (Å²) in [5.41, 5.74) is -1.98. The van der Waals surface area contributed by atoms with Crippen molar-refractivity contribution in [3.05, 3.63) is 18.2 Å². The number of urea groups is 1. The summed E-state index contributed by atoms with van der Waals surface area (Å²) in [6, 6.07) is -0.347. The number of carboxylic acids is 1. The molecule has 0 aliphatic rings. The number of rotatable bonds is 5. The van der Waals surface area contributed by atoms with Crippen LogP contribution in [0.5, 0.6) is 0 Å². The van der Waals surface area contributed by atoms with Gasteiger partial charge in [0.05, 0.1) is 17.5 Å². The second-order valence-electron chi connectivity index (χ2n) is 5.88. The summed E-state index contributed by atoms with van der Waals surface area (Å²) in [5, 5.41) is 12.0. The molecular formula is C13H22N4O3. The largest absolute Gasteiger partial charge is 0.481 e. The predicted molar refractivity (Wildman–Crippen MR) is 74.1 cm³/mol. The molecule has 3 N–H and O–H groups in total. The van der Waals surface area contributed by atoms with Gasteiger partial charge in [0, 0.05) is 19.4 Å². The van der Waals surface area contributed by atoms with Crippen LogP contribution in [0.2, 0.25) is 0 Å². The Morgan fingerprint density at radius 1 is 1.40 bits per heavy atom. The monoisotopic (exact) mass is 282 g/mol. The van der Waals surface area contributed by atoms with Gasteiger partial charge in [0.2, 0.25) is 0 Å². The van der Waals surface area contributed by atoms with Crippen molar-refractivity contribution >= 4 is 12.0 Å². The normalized spacial score (nSPS) is 12.1. The number of hydrogen-bond acceptors (Lipinski definition) is 3. The first kappa shape index (κ1) is 16.0.